The average Bonchev–Trinajstić information content (AvgIpc) is 2.76. The minimum atomic E-state index is -3.73. The van der Waals surface area contributed by atoms with Crippen molar-refractivity contribution >= 4 is 33.6 Å². The minimum absolute atomic E-state index is 0.0277. The molecule has 12 heteroatoms. The number of nitrogens with zero attached hydrogens (tertiary/aromatic N) is 4. The van der Waals surface area contributed by atoms with E-state index >= 15 is 0 Å². The molecule has 34 heavy (non-hydrogen) atoms. The lowest BCUT2D eigenvalue weighted by molar-refractivity contribution is -0.142. The molecule has 1 unspecified atom stereocenters. The van der Waals surface area contributed by atoms with Gasteiger partial charge in [-0.2, -0.15) is 22.3 Å². The molecule has 1 aromatic carbocycles. The van der Waals surface area contributed by atoms with Crippen LogP contribution in [0, 0.1) is 29.0 Å². The van der Waals surface area contributed by atoms with Crippen LogP contribution in [-0.4, -0.2) is 73.0 Å². The highest BCUT2D eigenvalue weighted by molar-refractivity contribution is 7.86. The van der Waals surface area contributed by atoms with Gasteiger partial charge in [-0.05, 0) is 38.8 Å². The average molecular weight is 514 g/mol. The third kappa shape index (κ3) is 5.51. The Kier molecular flexibility index (Phi) is 8.18. The van der Waals surface area contributed by atoms with Gasteiger partial charge in [0.05, 0.1) is 23.9 Å². The minimum Gasteiger partial charge on any atom is -0.348 e. The van der Waals surface area contributed by atoms with Crippen molar-refractivity contribution in [2.24, 2.45) is 11.8 Å². The Labute approximate surface area is 204 Å². The van der Waals surface area contributed by atoms with Gasteiger partial charge in [-0.15, -0.1) is 0 Å². The molecule has 2 fully saturated rings. The van der Waals surface area contributed by atoms with Crippen molar-refractivity contribution in [3.05, 3.63) is 34.6 Å². The molecule has 0 radical (unpaired) electrons. The first-order valence-electron chi connectivity index (χ1n) is 11.1. The summed E-state index contributed by atoms with van der Waals surface area (Å²) in [7, 11) is -2.23. The maximum absolute atomic E-state index is 14.2. The molecule has 0 saturated carbocycles. The maximum atomic E-state index is 14.2. The molecule has 0 bridgehead atoms. The molecule has 0 spiro atoms. The smallest absolute Gasteiger partial charge is 0.282 e. The van der Waals surface area contributed by atoms with Crippen molar-refractivity contribution < 1.29 is 22.4 Å². The van der Waals surface area contributed by atoms with Crippen molar-refractivity contribution in [3.63, 3.8) is 0 Å². The van der Waals surface area contributed by atoms with E-state index < -0.39 is 39.9 Å². The van der Waals surface area contributed by atoms with Gasteiger partial charge in [0.15, 0.2) is 0 Å². The lowest BCUT2D eigenvalue weighted by Crippen LogP contribution is -2.57. The Hall–Kier alpha value is -2.26. The number of rotatable bonds is 7. The van der Waals surface area contributed by atoms with Crippen LogP contribution in [0.2, 0.25) is 5.02 Å². The van der Waals surface area contributed by atoms with Gasteiger partial charge in [-0.1, -0.05) is 17.7 Å². The van der Waals surface area contributed by atoms with E-state index in [9.17, 15) is 22.4 Å². The number of benzene rings is 1. The van der Waals surface area contributed by atoms with Gasteiger partial charge >= 0.3 is 0 Å². The molecule has 9 nitrogen and oxygen atoms in total. The second-order valence-corrected chi connectivity index (χ2v) is 11.2. The van der Waals surface area contributed by atoms with E-state index in [4.69, 9.17) is 16.9 Å². The molecular formula is C22H29ClFN5O4S. The Morgan fingerprint density at radius 3 is 2.56 bits per heavy atom. The molecule has 2 saturated heterocycles. The number of nitriles is 1. The zero-order valence-corrected chi connectivity index (χ0v) is 20.9. The maximum Gasteiger partial charge on any atom is 0.282 e. The van der Waals surface area contributed by atoms with Gasteiger partial charge in [0.1, 0.15) is 11.9 Å². The molecule has 2 heterocycles. The first kappa shape index (κ1) is 26.3. The normalized spacial score (nSPS) is 21.7. The zero-order valence-electron chi connectivity index (χ0n) is 19.4. The summed E-state index contributed by atoms with van der Waals surface area (Å²) in [5.41, 5.74) is 0.275. The highest BCUT2D eigenvalue weighted by Gasteiger charge is 2.42. The molecule has 2 amide bonds. The molecule has 1 N–H and O–H groups in total. The number of carbonyl (C=O) groups is 2. The molecule has 3 rings (SSSR count). The molecular weight excluding hydrogens is 485 g/mol. The lowest BCUT2D eigenvalue weighted by Gasteiger charge is -2.41. The first-order chi connectivity index (χ1) is 15.9. The summed E-state index contributed by atoms with van der Waals surface area (Å²) in [4.78, 5) is 27.2. The zero-order chi connectivity index (χ0) is 25.2. The topological polar surface area (TPSA) is 114 Å². The number of piperidine rings is 1. The quantitative estimate of drug-likeness (QED) is 0.598. The SMILES string of the molecule is C[C@H](C(=O)N[C@H](C)c1ccc(Cl)cc1F)N(C)C(=O)C1CCCN(S(=O)(=O)N2CC(C#N)C2)C1. The largest absolute Gasteiger partial charge is 0.348 e. The van der Waals surface area contributed by atoms with Crippen molar-refractivity contribution in [2.75, 3.05) is 33.2 Å². The van der Waals surface area contributed by atoms with E-state index in [0.29, 0.717) is 19.4 Å². The van der Waals surface area contributed by atoms with E-state index in [1.807, 2.05) is 0 Å². The summed E-state index contributed by atoms with van der Waals surface area (Å²) in [5.74, 6) is -2.20. The summed E-state index contributed by atoms with van der Waals surface area (Å²) in [6.45, 7) is 3.87. The van der Waals surface area contributed by atoms with Crippen molar-refractivity contribution in [1.29, 1.82) is 5.26 Å². The lowest BCUT2D eigenvalue weighted by atomic mass is 9.97. The summed E-state index contributed by atoms with van der Waals surface area (Å²) in [6.07, 6.45) is 1.03. The second kappa shape index (κ2) is 10.6. The highest BCUT2D eigenvalue weighted by Crippen LogP contribution is 2.27. The third-order valence-electron chi connectivity index (χ3n) is 6.51. The van der Waals surface area contributed by atoms with E-state index in [0.717, 1.165) is 0 Å². The van der Waals surface area contributed by atoms with Crippen LogP contribution in [0.25, 0.3) is 0 Å². The fourth-order valence-electron chi connectivity index (χ4n) is 4.14. The third-order valence-corrected chi connectivity index (χ3v) is 8.68. The van der Waals surface area contributed by atoms with Crippen LogP contribution < -0.4 is 5.32 Å². The first-order valence-corrected chi connectivity index (χ1v) is 12.9. The number of hydrogen-bond donors (Lipinski definition) is 1. The molecule has 2 aliphatic rings. The second-order valence-electron chi connectivity index (χ2n) is 8.87. The number of hydrogen-bond acceptors (Lipinski definition) is 5. The van der Waals surface area contributed by atoms with E-state index in [1.54, 1.807) is 13.8 Å². The fourth-order valence-corrected chi connectivity index (χ4v) is 6.09. The standard InChI is InChI=1S/C22H29ClFN5O4S/c1-14(19-7-6-18(23)9-20(19)24)26-21(30)15(2)27(3)22(31)17-5-4-8-28(13-17)34(32,33)29-11-16(10-25)12-29/h6-7,9,14-17H,4-5,8,11-13H2,1-3H3,(H,26,30)/t14-,15-,17?/m1/s1. The van der Waals surface area contributed by atoms with Crippen LogP contribution in [0.3, 0.4) is 0 Å². The predicted molar refractivity (Wildman–Crippen MR) is 124 cm³/mol. The Morgan fingerprint density at radius 1 is 1.26 bits per heavy atom. The fraction of sp³-hybridized carbons (Fsp3) is 0.591. The highest BCUT2D eigenvalue weighted by atomic mass is 35.5. The number of nitrogens with one attached hydrogen (secondary N) is 1. The summed E-state index contributed by atoms with van der Waals surface area (Å²) in [6, 6.07) is 4.77. The number of carbonyl (C=O) groups excluding carboxylic acids is 2. The molecule has 0 aromatic heterocycles. The van der Waals surface area contributed by atoms with Gasteiger partial charge in [0.2, 0.25) is 11.8 Å². The van der Waals surface area contributed by atoms with Crippen molar-refractivity contribution in [3.8, 4) is 6.07 Å². The van der Waals surface area contributed by atoms with Crippen LogP contribution in [0.15, 0.2) is 18.2 Å². The summed E-state index contributed by atoms with van der Waals surface area (Å²) in [5, 5.41) is 11.9. The van der Waals surface area contributed by atoms with Gasteiger partial charge in [0, 0.05) is 43.8 Å². The van der Waals surface area contributed by atoms with Gasteiger partial charge in [-0.3, -0.25) is 9.59 Å². The molecule has 2 aliphatic heterocycles. The van der Waals surface area contributed by atoms with Crippen LogP contribution >= 0.6 is 11.6 Å². The summed E-state index contributed by atoms with van der Waals surface area (Å²) < 4.78 is 42.4. The van der Waals surface area contributed by atoms with Crippen LogP contribution in [0.4, 0.5) is 4.39 Å². The Balaban J connectivity index is 1.60. The molecule has 186 valence electrons. The molecule has 0 aliphatic carbocycles. The molecule has 3 atom stereocenters. The Bertz CT molecular complexity index is 1090. The van der Waals surface area contributed by atoms with Crippen LogP contribution in [0.1, 0.15) is 38.3 Å². The summed E-state index contributed by atoms with van der Waals surface area (Å²) >= 11 is 5.78. The molecule has 1 aromatic rings. The van der Waals surface area contributed by atoms with Crippen LogP contribution in [0.5, 0.6) is 0 Å². The van der Waals surface area contributed by atoms with Gasteiger partial charge in [-0.25, -0.2) is 4.39 Å². The number of halogens is 2. The van der Waals surface area contributed by atoms with E-state index in [2.05, 4.69) is 11.4 Å². The Morgan fingerprint density at radius 2 is 1.94 bits per heavy atom. The van der Waals surface area contributed by atoms with Crippen molar-refractivity contribution in [1.82, 2.24) is 18.8 Å². The van der Waals surface area contributed by atoms with Crippen molar-refractivity contribution in [2.45, 2.75) is 38.8 Å². The van der Waals surface area contributed by atoms with Gasteiger partial charge in [0.25, 0.3) is 10.2 Å². The van der Waals surface area contributed by atoms with Crippen LogP contribution in [-0.2, 0) is 19.8 Å². The predicted octanol–water partition coefficient (Wildman–Crippen LogP) is 1.92. The van der Waals surface area contributed by atoms with Gasteiger partial charge < -0.3 is 10.2 Å². The van der Waals surface area contributed by atoms with E-state index in [-0.39, 0.29) is 42.0 Å². The number of likely N-dealkylation sites (N-methyl/N-ethyl adjacent to an activating group) is 1. The van der Waals surface area contributed by atoms with E-state index in [1.165, 1.54) is 38.8 Å². The monoisotopic (exact) mass is 513 g/mol. The number of amides is 2.